The van der Waals surface area contributed by atoms with Crippen LogP contribution in [0.4, 0.5) is 0 Å². The van der Waals surface area contributed by atoms with Gasteiger partial charge in [-0.25, -0.2) is 0 Å². The van der Waals surface area contributed by atoms with E-state index < -0.39 is 226 Å². The zero-order valence-electron chi connectivity index (χ0n) is 55.4. The van der Waals surface area contributed by atoms with Crippen molar-refractivity contribution in [3.63, 3.8) is 0 Å². The molecule has 6 heterocycles. The third-order valence-corrected chi connectivity index (χ3v) is 25.2. The van der Waals surface area contributed by atoms with Gasteiger partial charge < -0.3 is 144 Å². The van der Waals surface area contributed by atoms with Crippen LogP contribution >= 0.6 is 0 Å². The predicted octanol–water partition coefficient (Wildman–Crippen LogP) is -3.69. The molecule has 0 spiro atoms. The van der Waals surface area contributed by atoms with Crippen molar-refractivity contribution in [2.24, 2.45) is 50.2 Å². The minimum absolute atomic E-state index is 0.0592. The quantitative estimate of drug-likeness (QED) is 0.0426. The van der Waals surface area contributed by atoms with Crippen LogP contribution in [0.15, 0.2) is 11.6 Å². The molecule has 0 aromatic heterocycles. The average Bonchev–Trinajstić information content (AvgIpc) is 0.676. The number of aliphatic hydroxyl groups is 17. The number of hydrogen-bond donors (Lipinski definition) is 17. The largest absolute Gasteiger partial charge is 0.432 e. The summed E-state index contributed by atoms with van der Waals surface area (Å²) in [5.41, 5.74) is -1.64. The van der Waals surface area contributed by atoms with Gasteiger partial charge in [0.15, 0.2) is 31.5 Å². The normalized spacial score (nSPS) is 54.6. The number of carbonyl (C=O) groups is 1. The fourth-order valence-electron chi connectivity index (χ4n) is 19.0. The Balaban J connectivity index is 0.789. The van der Waals surface area contributed by atoms with Crippen molar-refractivity contribution in [1.29, 1.82) is 0 Å². The van der Waals surface area contributed by atoms with Crippen LogP contribution in [0, 0.1) is 50.2 Å². The molecule has 0 radical (unpaired) electrons. The number of allylic oxidation sites excluding steroid dienone is 2. The van der Waals surface area contributed by atoms with Crippen LogP contribution in [0.2, 0.25) is 0 Å². The zero-order valence-corrected chi connectivity index (χ0v) is 55.4. The lowest BCUT2D eigenvalue weighted by molar-refractivity contribution is -0.388. The SMILES string of the molecule is C[C@@H]1O[C@H](O[C@@H]2[C@@H](O[C@H]3CC[C@@]4(C)[C@@H](CC[C@@]5(C)[C@H]4CC=C4[C@@H]6CC(C)(C)CC[C@]6(C(=O)O[C@@H]6O[C@@H](CO[C@H]7O[C@H](CO)[C@@H](O[C@H]8O[C@H](C)[C@H](O)[C@@H](O)[C@@H]8O)[C@@H](O)[C@@H]7O)[C@H](O)[C@H](O)[C@H]6O)CC[C@]45C)C3(C)C)OC[C@@H](O)[C@@H]2O[C@H]2O[C@@H](CO)[C@@H](O)[C@@H](O)[C@@H]2O)[C@@H](O)[C@H](O)[C@H]1O. The minimum Gasteiger partial charge on any atom is -0.432 e. The number of carbonyl (C=O) groups excluding carboxylic acids is 1. The summed E-state index contributed by atoms with van der Waals surface area (Å²) in [7, 11) is 0. The van der Waals surface area contributed by atoms with E-state index in [4.69, 9.17) is 56.8 Å². The fourth-order valence-corrected chi connectivity index (χ4v) is 19.0. The van der Waals surface area contributed by atoms with Gasteiger partial charge in [0.1, 0.15) is 128 Å². The van der Waals surface area contributed by atoms with Crippen molar-refractivity contribution >= 4 is 5.97 Å². The lowest BCUT2D eigenvalue weighted by Gasteiger charge is -2.71. The van der Waals surface area contributed by atoms with E-state index in [1.807, 2.05) is 0 Å². The van der Waals surface area contributed by atoms with Crippen molar-refractivity contribution in [3.8, 4) is 0 Å². The lowest BCUT2D eigenvalue weighted by Crippen LogP contribution is -2.67. The van der Waals surface area contributed by atoms with Crippen LogP contribution in [0.25, 0.3) is 0 Å². The Morgan fingerprint density at radius 3 is 1.62 bits per heavy atom. The second-order valence-corrected chi connectivity index (χ2v) is 31.4. The predicted molar refractivity (Wildman–Crippen MR) is 319 cm³/mol. The van der Waals surface area contributed by atoms with E-state index in [0.717, 1.165) is 12.8 Å². The van der Waals surface area contributed by atoms with Gasteiger partial charge in [-0.2, -0.15) is 0 Å². The Bertz CT molecular complexity index is 2670. The summed E-state index contributed by atoms with van der Waals surface area (Å²) >= 11 is 0. The first-order chi connectivity index (χ1) is 44.5. The molecular formula is C65H106O30. The second-order valence-electron chi connectivity index (χ2n) is 31.4. The van der Waals surface area contributed by atoms with Gasteiger partial charge >= 0.3 is 5.97 Å². The highest BCUT2D eigenvalue weighted by molar-refractivity contribution is 5.79. The molecule has 0 unspecified atom stereocenters. The van der Waals surface area contributed by atoms with Gasteiger partial charge in [0, 0.05) is 0 Å². The van der Waals surface area contributed by atoms with Gasteiger partial charge in [-0.1, -0.05) is 60.1 Å². The average molecular weight is 1370 g/mol. The van der Waals surface area contributed by atoms with E-state index in [-0.39, 0.29) is 40.6 Å². The number of hydrogen-bond acceptors (Lipinski definition) is 30. The van der Waals surface area contributed by atoms with Crippen LogP contribution in [0.3, 0.4) is 0 Å². The van der Waals surface area contributed by atoms with E-state index in [0.29, 0.717) is 51.4 Å². The molecule has 37 atom stereocenters. The number of rotatable bonds is 15. The second kappa shape index (κ2) is 27.7. The van der Waals surface area contributed by atoms with E-state index in [1.165, 1.54) is 19.4 Å². The summed E-state index contributed by atoms with van der Waals surface area (Å²) in [4.78, 5) is 15.3. The smallest absolute Gasteiger partial charge is 0.315 e. The summed E-state index contributed by atoms with van der Waals surface area (Å²) in [5.74, 6) is -0.729. The van der Waals surface area contributed by atoms with Crippen molar-refractivity contribution in [1.82, 2.24) is 0 Å². The van der Waals surface area contributed by atoms with Gasteiger partial charge in [-0.05, 0) is 123 Å². The van der Waals surface area contributed by atoms with Gasteiger partial charge in [-0.15, -0.1) is 0 Å². The van der Waals surface area contributed by atoms with Crippen molar-refractivity contribution in [2.75, 3.05) is 26.4 Å². The number of esters is 1. The van der Waals surface area contributed by atoms with Crippen molar-refractivity contribution in [3.05, 3.63) is 11.6 Å². The Kier molecular flexibility index (Phi) is 21.7. The molecule has 6 aliphatic heterocycles. The van der Waals surface area contributed by atoms with Crippen molar-refractivity contribution < 1.29 is 148 Å². The highest BCUT2D eigenvalue weighted by Gasteiger charge is 2.71. The Labute approximate surface area is 551 Å². The summed E-state index contributed by atoms with van der Waals surface area (Å²) in [6, 6.07) is 0. The Morgan fingerprint density at radius 1 is 0.495 bits per heavy atom. The Morgan fingerprint density at radius 2 is 1.01 bits per heavy atom. The van der Waals surface area contributed by atoms with E-state index in [1.54, 1.807) is 0 Å². The van der Waals surface area contributed by atoms with Crippen LogP contribution in [0.1, 0.15) is 127 Å². The molecule has 5 aliphatic carbocycles. The molecule has 11 rings (SSSR count). The van der Waals surface area contributed by atoms with Gasteiger partial charge in [0.2, 0.25) is 6.29 Å². The van der Waals surface area contributed by atoms with Crippen LogP contribution in [0.5, 0.6) is 0 Å². The molecule has 546 valence electrons. The molecule has 4 saturated carbocycles. The first kappa shape index (κ1) is 74.3. The van der Waals surface area contributed by atoms with Crippen LogP contribution < -0.4 is 0 Å². The van der Waals surface area contributed by atoms with E-state index in [2.05, 4.69) is 54.5 Å². The van der Waals surface area contributed by atoms with Gasteiger partial charge in [0.25, 0.3) is 0 Å². The molecule has 95 heavy (non-hydrogen) atoms. The maximum absolute atomic E-state index is 15.3. The number of fused-ring (bicyclic) bond motifs is 7. The molecule has 0 aromatic rings. The lowest BCUT2D eigenvalue weighted by atomic mass is 9.33. The monoisotopic (exact) mass is 1370 g/mol. The summed E-state index contributed by atoms with van der Waals surface area (Å²) < 4.78 is 72.5. The highest BCUT2D eigenvalue weighted by atomic mass is 16.8. The number of ether oxygens (including phenoxy) is 12. The maximum Gasteiger partial charge on any atom is 0.315 e. The summed E-state index contributed by atoms with van der Waals surface area (Å²) in [5, 5.41) is 184. The molecule has 30 heteroatoms. The van der Waals surface area contributed by atoms with E-state index in [9.17, 15) is 86.8 Å². The summed E-state index contributed by atoms with van der Waals surface area (Å²) in [6.45, 7) is 16.1. The third-order valence-electron chi connectivity index (χ3n) is 25.2. The summed E-state index contributed by atoms with van der Waals surface area (Å²) in [6.07, 6.45) is -38.8. The first-order valence-electron chi connectivity index (χ1n) is 34.0. The molecule has 10 fully saturated rings. The van der Waals surface area contributed by atoms with Crippen molar-refractivity contribution in [2.45, 2.75) is 311 Å². The van der Waals surface area contributed by atoms with E-state index >= 15 is 4.79 Å². The van der Waals surface area contributed by atoms with Crippen LogP contribution in [-0.2, 0) is 61.6 Å². The molecule has 0 aromatic carbocycles. The van der Waals surface area contributed by atoms with Gasteiger partial charge in [0.05, 0.1) is 50.2 Å². The molecule has 0 bridgehead atoms. The molecule has 17 N–H and O–H groups in total. The number of aliphatic hydroxyl groups excluding tert-OH is 17. The topological polar surface area (TPSA) is 472 Å². The minimum atomic E-state index is -1.92. The first-order valence-corrected chi connectivity index (χ1v) is 34.0. The molecule has 6 saturated heterocycles. The maximum atomic E-state index is 15.3. The molecular weight excluding hydrogens is 1260 g/mol. The molecule has 0 amide bonds. The third kappa shape index (κ3) is 12.9. The highest BCUT2D eigenvalue weighted by Crippen LogP contribution is 2.76. The molecule has 30 nitrogen and oxygen atoms in total. The molecule has 11 aliphatic rings. The Hall–Kier alpha value is -1.91. The van der Waals surface area contributed by atoms with Crippen LogP contribution in [-0.4, -0.2) is 303 Å². The fraction of sp³-hybridized carbons (Fsp3) is 0.954. The zero-order chi connectivity index (χ0) is 69.3. The standard InChI is InChI=1S/C65H106O30/c1-25-36(69)40(73)45(78)54(86-25)93-51-31(22-67)89-53(49(82)44(51)77)85-24-32-39(72)43(76)48(81)57(90-32)95-59(83)65-18-16-60(3,4)20-28(65)27-10-11-34-62(7)14-13-35(61(5,6)33(62)12-15-64(34,9)63(27,8)17-19-65)91-58-52(94-55-46(79)41(74)37(70)26(2)87-55)50(29(68)23-84-58)92-56-47(80)42(75)38(71)30(21-66)88-56/h10,25-26,28-58,66-82H,11-24H2,1-9H3/t25-,26+,28+,29-,30+,31-,32+,33+,34+,35+,36+,37+,38-,39+,40-,41-,42-,43+,44+,45+,46+,47+,48-,49+,50+,51-,52+,53+,54-,55-,56-,57+,58-,62+,63-,64+,65+/m1/s1. The van der Waals surface area contributed by atoms with Gasteiger partial charge in [-0.3, -0.25) is 4.79 Å².